The Kier molecular flexibility index (Phi) is 10.0. The smallest absolute Gasteiger partial charge is 0.166 e. The first kappa shape index (κ1) is 28.7. The van der Waals surface area contributed by atoms with Crippen LogP contribution in [0, 0.1) is 7.14 Å². The minimum absolute atomic E-state index is 0.710. The van der Waals surface area contributed by atoms with E-state index in [4.69, 9.17) is 23.2 Å². The van der Waals surface area contributed by atoms with Gasteiger partial charge in [0.25, 0.3) is 0 Å². The molecule has 0 nitrogen and oxygen atoms in total. The van der Waals surface area contributed by atoms with Gasteiger partial charge >= 0.3 is 33.6 Å². The van der Waals surface area contributed by atoms with Crippen molar-refractivity contribution in [3.8, 4) is 0 Å². The Morgan fingerprint density at radius 1 is 0.472 bits per heavy atom. The van der Waals surface area contributed by atoms with Gasteiger partial charge in [0.2, 0.25) is 0 Å². The van der Waals surface area contributed by atoms with E-state index in [1.807, 2.05) is 48.5 Å². The molecule has 0 aliphatic carbocycles. The molecule has 10 heteroatoms. The second kappa shape index (κ2) is 12.6. The van der Waals surface area contributed by atoms with Crippen LogP contribution in [0.4, 0.5) is 26.3 Å². The molecule has 0 saturated heterocycles. The molecule has 0 N–H and O–H groups in total. The van der Waals surface area contributed by atoms with Crippen molar-refractivity contribution in [3.05, 3.63) is 125 Å². The monoisotopic (exact) mass is 672 g/mol. The molecule has 0 aromatic heterocycles. The van der Waals surface area contributed by atoms with Crippen LogP contribution in [0.2, 0.25) is 10.0 Å². The Labute approximate surface area is 228 Å². The highest BCUT2D eigenvalue weighted by atomic mass is 127. The van der Waals surface area contributed by atoms with E-state index in [2.05, 4.69) is 0 Å². The van der Waals surface area contributed by atoms with E-state index < -0.39 is 44.7 Å². The van der Waals surface area contributed by atoms with Gasteiger partial charge in [-0.25, -0.2) is 0 Å². The van der Waals surface area contributed by atoms with Crippen molar-refractivity contribution in [3.63, 3.8) is 0 Å². The Bertz CT molecular complexity index is 1140. The van der Waals surface area contributed by atoms with E-state index in [-0.39, 0.29) is 0 Å². The number of benzene rings is 4. The maximum Gasteiger partial charge on any atom is 0.416 e. The number of alkyl halides is 6. The number of halogens is 9. The fourth-order valence-electron chi connectivity index (χ4n) is 2.71. The molecule has 0 amide bonds. The van der Waals surface area contributed by atoms with Crippen LogP contribution in [0.25, 0.3) is 0 Å². The van der Waals surface area contributed by atoms with Gasteiger partial charge in [-0.15, -0.1) is 0 Å². The summed E-state index contributed by atoms with van der Waals surface area (Å²) in [7, 11) is 0. The summed E-state index contributed by atoms with van der Waals surface area (Å²) in [5.74, 6) is 0. The highest BCUT2D eigenvalue weighted by molar-refractivity contribution is 7.78. The van der Waals surface area contributed by atoms with Gasteiger partial charge < -0.3 is 0 Å². The average molecular weight is 673 g/mol. The Morgan fingerprint density at radius 2 is 0.778 bits per heavy atom. The van der Waals surface area contributed by atoms with Crippen molar-refractivity contribution < 1.29 is 47.5 Å². The number of hydrogen-bond acceptors (Lipinski definition) is 0. The van der Waals surface area contributed by atoms with E-state index in [9.17, 15) is 26.3 Å². The summed E-state index contributed by atoms with van der Waals surface area (Å²) in [4.78, 5) is 2.45. The fourth-order valence-corrected chi connectivity index (χ4v) is 6.01. The molecule has 0 bridgehead atoms. The van der Waals surface area contributed by atoms with Gasteiger partial charge in [-0.3, -0.25) is 0 Å². The van der Waals surface area contributed by atoms with Crippen LogP contribution in [-0.2, 0) is 24.1 Å². The Morgan fingerprint density at radius 3 is 1.06 bits per heavy atom. The molecule has 4 aromatic carbocycles. The molecular weight excluding hydrogens is 656 g/mol. The fraction of sp³-hybridized carbons (Fsp3) is 0.0769. The number of rotatable bonds is 4. The summed E-state index contributed by atoms with van der Waals surface area (Å²) in [6.07, 6.45) is -8.77. The second-order valence-electron chi connectivity index (χ2n) is 7.17. The second-order valence-corrected chi connectivity index (χ2v) is 12.3. The summed E-state index contributed by atoms with van der Waals surface area (Å²) >= 11 is 12.0. The first-order valence-electron chi connectivity index (χ1n) is 10.1. The molecule has 0 heterocycles. The van der Waals surface area contributed by atoms with Gasteiger partial charge in [0.1, 0.15) is 0 Å². The predicted molar refractivity (Wildman–Crippen MR) is 128 cm³/mol. The molecule has 4 rings (SSSR count). The van der Waals surface area contributed by atoms with Crippen molar-refractivity contribution in [2.75, 3.05) is 0 Å². The van der Waals surface area contributed by atoms with Gasteiger partial charge in [-0.05, 0) is 97.1 Å². The van der Waals surface area contributed by atoms with Gasteiger partial charge in [-0.1, -0.05) is 23.2 Å². The zero-order valence-corrected chi connectivity index (χ0v) is 22.7. The van der Waals surface area contributed by atoms with E-state index in [1.165, 1.54) is 45.8 Å². The molecule has 4 aromatic rings. The van der Waals surface area contributed by atoms with Crippen molar-refractivity contribution in [1.82, 2.24) is 0 Å². The van der Waals surface area contributed by atoms with E-state index in [0.29, 0.717) is 7.14 Å². The van der Waals surface area contributed by atoms with Crippen LogP contribution in [0.5, 0.6) is 0 Å². The Balaban J connectivity index is 0.000000212. The van der Waals surface area contributed by atoms with E-state index in [0.717, 1.165) is 34.3 Å². The zero-order valence-electron chi connectivity index (χ0n) is 18.1. The molecule has 0 spiro atoms. The largest absolute Gasteiger partial charge is 0.416 e. The molecule has 0 aliphatic heterocycles. The molecule has 36 heavy (non-hydrogen) atoms. The lowest BCUT2D eigenvalue weighted by Crippen LogP contribution is -3.61. The third-order valence-corrected chi connectivity index (χ3v) is 8.77. The molecule has 0 radical (unpaired) electrons. The van der Waals surface area contributed by atoms with E-state index >= 15 is 0 Å². The van der Waals surface area contributed by atoms with Crippen molar-refractivity contribution in [2.45, 2.75) is 22.1 Å². The van der Waals surface area contributed by atoms with Crippen LogP contribution in [-0.4, -0.2) is 0 Å². The number of thiol groups is 1. The summed E-state index contributed by atoms with van der Waals surface area (Å²) in [6, 6.07) is 25.1. The standard InChI is InChI=1S/C14H8F6I.C12H8Cl2S/c15-13(16,17)9-1-5-11(6-2-9)21-12-7-3-10(4-8-12)14(18,19)20;13-9-1-5-11(6-2-9)15-12-7-3-10(14)4-8-12/h1-8H;1-8H/q+1;/p+1. The first-order chi connectivity index (χ1) is 16.9. The summed E-state index contributed by atoms with van der Waals surface area (Å²) in [5, 5.41) is 1.54. The van der Waals surface area contributed by atoms with Gasteiger partial charge in [-0.2, -0.15) is 26.3 Å². The van der Waals surface area contributed by atoms with Crippen molar-refractivity contribution in [1.29, 1.82) is 0 Å². The lowest BCUT2D eigenvalue weighted by Gasteiger charge is -2.05. The van der Waals surface area contributed by atoms with Crippen molar-refractivity contribution in [2.24, 2.45) is 0 Å². The summed E-state index contributed by atoms with van der Waals surface area (Å²) in [6.45, 7) is 0. The molecule has 0 unspecified atom stereocenters. The van der Waals surface area contributed by atoms with Crippen LogP contribution in [0.1, 0.15) is 11.1 Å². The van der Waals surface area contributed by atoms with E-state index in [1.54, 1.807) is 0 Å². The summed E-state index contributed by atoms with van der Waals surface area (Å²) < 4.78 is 75.9. The molecule has 0 fully saturated rings. The average Bonchev–Trinajstić information content (AvgIpc) is 2.82. The third-order valence-electron chi connectivity index (χ3n) is 4.47. The van der Waals surface area contributed by atoms with Gasteiger partial charge in [0.15, 0.2) is 16.9 Å². The zero-order chi connectivity index (χ0) is 26.3. The maximum absolute atomic E-state index is 12.4. The molecule has 0 aliphatic rings. The molecule has 0 saturated carbocycles. The van der Waals surface area contributed by atoms with Crippen LogP contribution in [0.3, 0.4) is 0 Å². The summed E-state index contributed by atoms with van der Waals surface area (Å²) in [5.41, 5.74) is -1.47. The minimum Gasteiger partial charge on any atom is -0.166 e. The number of hydrogen-bond donors (Lipinski definition) is 0. The van der Waals surface area contributed by atoms with Crippen LogP contribution in [0.15, 0.2) is 107 Å². The lowest BCUT2D eigenvalue weighted by molar-refractivity contribution is -0.597. The SMILES string of the molecule is Clc1ccc([SH+]c2ccc(Cl)cc2)cc1.FC(F)(F)c1ccc([I+]c2ccc(C(F)(F)F)cc2)cc1. The van der Waals surface area contributed by atoms with Gasteiger partial charge in [0, 0.05) is 21.8 Å². The van der Waals surface area contributed by atoms with Gasteiger partial charge in [0.05, 0.1) is 11.1 Å². The normalized spacial score (nSPS) is 11.6. The van der Waals surface area contributed by atoms with Crippen LogP contribution >= 0.6 is 23.2 Å². The Hall–Kier alpha value is -1.88. The molecule has 0 atom stereocenters. The highest BCUT2D eigenvalue weighted by Gasteiger charge is 2.32. The maximum atomic E-state index is 12.4. The predicted octanol–water partition coefficient (Wildman–Crippen LogP) is 6.08. The topological polar surface area (TPSA) is 0 Å². The quantitative estimate of drug-likeness (QED) is 0.107. The molecule has 188 valence electrons. The first-order valence-corrected chi connectivity index (χ1v) is 13.9. The van der Waals surface area contributed by atoms with Crippen molar-refractivity contribution >= 4 is 35.0 Å². The van der Waals surface area contributed by atoms with Crippen LogP contribution < -0.4 is 21.2 Å². The molecular formula is C26H17Cl2F6IS+2. The lowest BCUT2D eigenvalue weighted by atomic mass is 10.2. The third kappa shape index (κ3) is 9.21. The highest BCUT2D eigenvalue weighted by Crippen LogP contribution is 2.29. The minimum atomic E-state index is -4.38.